The van der Waals surface area contributed by atoms with Crippen molar-refractivity contribution >= 4 is 29.3 Å². The fourth-order valence-corrected chi connectivity index (χ4v) is 2.54. The Balaban J connectivity index is 3.34. The normalized spacial score (nSPS) is 12.3. The zero-order chi connectivity index (χ0) is 15.4. The first-order valence-corrected chi connectivity index (χ1v) is 6.77. The summed E-state index contributed by atoms with van der Waals surface area (Å²) in [5.74, 6) is 0. The van der Waals surface area contributed by atoms with E-state index in [1.807, 2.05) is 0 Å². The fourth-order valence-electron chi connectivity index (χ4n) is 2.07. The summed E-state index contributed by atoms with van der Waals surface area (Å²) in [5, 5.41) is 28.5. The number of carboxylic acid groups (broad SMARTS) is 1. The molecule has 0 radical (unpaired) electrons. The highest BCUT2D eigenvalue weighted by Gasteiger charge is 2.26. The Kier molecular flexibility index (Phi) is 6.07. The third-order valence-electron chi connectivity index (χ3n) is 3.23. The predicted molar refractivity (Wildman–Crippen MR) is 77.6 cm³/mol. The molecule has 0 saturated heterocycles. The van der Waals surface area contributed by atoms with Crippen LogP contribution in [0.25, 0.3) is 0 Å². The van der Waals surface area contributed by atoms with Gasteiger partial charge in [-0.15, -0.1) is 0 Å². The van der Waals surface area contributed by atoms with Crippen molar-refractivity contribution in [3.05, 3.63) is 32.8 Å². The molecule has 0 aliphatic heterocycles. The minimum absolute atomic E-state index is 0.108. The van der Waals surface area contributed by atoms with Gasteiger partial charge in [-0.2, -0.15) is 0 Å². The first-order chi connectivity index (χ1) is 9.34. The highest BCUT2D eigenvalue weighted by atomic mass is 35.5. The third-order valence-corrected chi connectivity index (χ3v) is 4.19. The first kappa shape index (κ1) is 17.0. The van der Waals surface area contributed by atoms with Crippen LogP contribution in [-0.2, 0) is 0 Å². The van der Waals surface area contributed by atoms with Gasteiger partial charge in [0.05, 0.1) is 19.3 Å². The van der Waals surface area contributed by atoms with Gasteiger partial charge in [0.15, 0.2) is 0 Å². The van der Waals surface area contributed by atoms with Gasteiger partial charge < -0.3 is 15.3 Å². The number of aliphatic hydroxyl groups excluding tert-OH is 2. The average molecular weight is 322 g/mol. The van der Waals surface area contributed by atoms with Crippen molar-refractivity contribution < 1.29 is 20.1 Å². The van der Waals surface area contributed by atoms with Crippen molar-refractivity contribution in [3.63, 3.8) is 0 Å². The van der Waals surface area contributed by atoms with E-state index in [0.29, 0.717) is 26.7 Å². The van der Waals surface area contributed by atoms with Crippen molar-refractivity contribution in [2.24, 2.45) is 0 Å². The average Bonchev–Trinajstić information content (AvgIpc) is 2.41. The Morgan fingerprint density at radius 3 is 2.35 bits per heavy atom. The second-order valence-electron chi connectivity index (χ2n) is 4.41. The van der Waals surface area contributed by atoms with E-state index < -0.39 is 18.7 Å². The standard InChI is InChI=1S/C13H17Cl2NO4/c1-7-9(5-10(14)8(2)12(7)15)11(6-18)16(3-4-17)13(19)20/h5,11,17-18H,3-4,6H2,1-2H3,(H,19,20). The summed E-state index contributed by atoms with van der Waals surface area (Å²) in [6.45, 7) is 2.63. The van der Waals surface area contributed by atoms with Crippen LogP contribution in [0.4, 0.5) is 4.79 Å². The smallest absolute Gasteiger partial charge is 0.407 e. The summed E-state index contributed by atoms with van der Waals surface area (Å²) in [7, 11) is 0. The second-order valence-corrected chi connectivity index (χ2v) is 5.19. The molecule has 1 rings (SSSR count). The quantitative estimate of drug-likeness (QED) is 0.778. The molecule has 112 valence electrons. The number of rotatable bonds is 5. The predicted octanol–water partition coefficient (Wildman–Crippen LogP) is 2.62. The van der Waals surface area contributed by atoms with E-state index in [1.54, 1.807) is 19.9 Å². The maximum absolute atomic E-state index is 11.2. The lowest BCUT2D eigenvalue weighted by Gasteiger charge is -2.29. The SMILES string of the molecule is Cc1c(Cl)cc(C(CO)N(CCO)C(=O)O)c(C)c1Cl. The third kappa shape index (κ3) is 3.35. The fraction of sp³-hybridized carbons (Fsp3) is 0.462. The number of carbonyl (C=O) groups is 1. The molecule has 0 saturated carbocycles. The number of halogens is 2. The Bertz CT molecular complexity index is 508. The molecule has 0 fully saturated rings. The summed E-state index contributed by atoms with van der Waals surface area (Å²) in [6.07, 6.45) is -1.23. The Morgan fingerprint density at radius 1 is 1.30 bits per heavy atom. The molecule has 5 nitrogen and oxygen atoms in total. The number of hydrogen-bond donors (Lipinski definition) is 3. The molecule has 0 aromatic heterocycles. The van der Waals surface area contributed by atoms with Crippen LogP contribution < -0.4 is 0 Å². The number of aliphatic hydroxyl groups is 2. The van der Waals surface area contributed by atoms with E-state index in [1.165, 1.54) is 0 Å². The monoisotopic (exact) mass is 321 g/mol. The van der Waals surface area contributed by atoms with Gasteiger partial charge >= 0.3 is 6.09 Å². The van der Waals surface area contributed by atoms with E-state index in [4.69, 9.17) is 28.3 Å². The lowest BCUT2D eigenvalue weighted by Crippen LogP contribution is -2.38. The van der Waals surface area contributed by atoms with Crippen LogP contribution in [0.1, 0.15) is 22.7 Å². The van der Waals surface area contributed by atoms with Crippen molar-refractivity contribution in [2.45, 2.75) is 19.9 Å². The van der Waals surface area contributed by atoms with E-state index in [-0.39, 0.29) is 13.2 Å². The van der Waals surface area contributed by atoms with Crippen molar-refractivity contribution in [2.75, 3.05) is 19.8 Å². The zero-order valence-corrected chi connectivity index (χ0v) is 12.7. The molecule has 3 N–H and O–H groups in total. The molecule has 1 unspecified atom stereocenters. The van der Waals surface area contributed by atoms with Crippen molar-refractivity contribution in [1.82, 2.24) is 4.90 Å². The van der Waals surface area contributed by atoms with E-state index in [0.717, 1.165) is 4.90 Å². The Labute approximate surface area is 127 Å². The first-order valence-electron chi connectivity index (χ1n) is 6.01. The van der Waals surface area contributed by atoms with Crippen LogP contribution in [0.3, 0.4) is 0 Å². The molecule has 1 aromatic carbocycles. The number of hydrogen-bond acceptors (Lipinski definition) is 3. The van der Waals surface area contributed by atoms with Gasteiger partial charge in [-0.05, 0) is 36.6 Å². The van der Waals surface area contributed by atoms with Gasteiger partial charge in [-0.1, -0.05) is 23.2 Å². The van der Waals surface area contributed by atoms with Crippen LogP contribution in [0.5, 0.6) is 0 Å². The molecule has 7 heteroatoms. The molecule has 1 amide bonds. The number of amides is 1. The maximum Gasteiger partial charge on any atom is 0.407 e. The molecule has 20 heavy (non-hydrogen) atoms. The van der Waals surface area contributed by atoms with Gasteiger partial charge in [0.25, 0.3) is 0 Å². The molecule has 1 atom stereocenters. The Morgan fingerprint density at radius 2 is 1.90 bits per heavy atom. The molecule has 0 aliphatic carbocycles. The van der Waals surface area contributed by atoms with Gasteiger partial charge in [0.2, 0.25) is 0 Å². The molecule has 0 heterocycles. The maximum atomic E-state index is 11.2. The summed E-state index contributed by atoms with van der Waals surface area (Å²) >= 11 is 12.2. The summed E-state index contributed by atoms with van der Waals surface area (Å²) < 4.78 is 0. The van der Waals surface area contributed by atoms with E-state index in [2.05, 4.69) is 0 Å². The lowest BCUT2D eigenvalue weighted by atomic mass is 9.98. The summed E-state index contributed by atoms with van der Waals surface area (Å²) in [6, 6.07) is 0.780. The summed E-state index contributed by atoms with van der Waals surface area (Å²) in [4.78, 5) is 12.2. The number of benzene rings is 1. The molecule has 1 aromatic rings. The largest absolute Gasteiger partial charge is 0.465 e. The lowest BCUT2D eigenvalue weighted by molar-refractivity contribution is 0.0848. The highest BCUT2D eigenvalue weighted by Crippen LogP contribution is 2.34. The van der Waals surface area contributed by atoms with E-state index in [9.17, 15) is 15.0 Å². The van der Waals surface area contributed by atoms with Crippen LogP contribution in [0.2, 0.25) is 10.0 Å². The second kappa shape index (κ2) is 7.13. The number of nitrogens with zero attached hydrogens (tertiary/aromatic N) is 1. The molecule has 0 spiro atoms. The van der Waals surface area contributed by atoms with Gasteiger partial charge in [0, 0.05) is 16.6 Å². The van der Waals surface area contributed by atoms with Gasteiger partial charge in [-0.25, -0.2) is 4.79 Å². The van der Waals surface area contributed by atoms with E-state index >= 15 is 0 Å². The molecular formula is C13H17Cl2NO4. The topological polar surface area (TPSA) is 81.0 Å². The van der Waals surface area contributed by atoms with Crippen molar-refractivity contribution in [1.29, 1.82) is 0 Å². The van der Waals surface area contributed by atoms with Gasteiger partial charge in [-0.3, -0.25) is 4.90 Å². The van der Waals surface area contributed by atoms with Crippen LogP contribution >= 0.6 is 23.2 Å². The minimum Gasteiger partial charge on any atom is -0.465 e. The van der Waals surface area contributed by atoms with Gasteiger partial charge in [0.1, 0.15) is 0 Å². The summed E-state index contributed by atoms with van der Waals surface area (Å²) in [5.41, 5.74) is 1.90. The molecule has 0 aliphatic rings. The van der Waals surface area contributed by atoms with Crippen LogP contribution in [0, 0.1) is 13.8 Å². The highest BCUT2D eigenvalue weighted by molar-refractivity contribution is 6.36. The van der Waals surface area contributed by atoms with Crippen LogP contribution in [-0.4, -0.2) is 46.1 Å². The molecule has 0 bridgehead atoms. The Hall–Kier alpha value is -1.01. The molecular weight excluding hydrogens is 305 g/mol. The minimum atomic E-state index is -1.23. The van der Waals surface area contributed by atoms with Crippen molar-refractivity contribution in [3.8, 4) is 0 Å². The zero-order valence-electron chi connectivity index (χ0n) is 11.2. The van der Waals surface area contributed by atoms with Crippen LogP contribution in [0.15, 0.2) is 6.07 Å².